The molecule has 0 amide bonds. The molecule has 0 aromatic heterocycles. The van der Waals surface area contributed by atoms with Crippen LogP contribution in [0.4, 0.5) is 4.39 Å². The molecule has 1 aliphatic carbocycles. The monoisotopic (exact) mass is 236 g/mol. The lowest BCUT2D eigenvalue weighted by Crippen LogP contribution is -2.41. The van der Waals surface area contributed by atoms with Crippen LogP contribution in [0.2, 0.25) is 0 Å². The normalized spacial score (nSPS) is 24.6. The van der Waals surface area contributed by atoms with Crippen molar-refractivity contribution < 1.29 is 4.39 Å². The van der Waals surface area contributed by atoms with Gasteiger partial charge in [0.2, 0.25) is 0 Å². The summed E-state index contributed by atoms with van der Waals surface area (Å²) in [7, 11) is 1.77. The van der Waals surface area contributed by atoms with Crippen molar-refractivity contribution in [2.24, 2.45) is 4.99 Å². The molecule has 94 valence electrons. The minimum atomic E-state index is 0.0387. The van der Waals surface area contributed by atoms with Gasteiger partial charge < -0.3 is 0 Å². The number of allylic oxidation sites excluding steroid dienone is 2. The lowest BCUT2D eigenvalue weighted by atomic mass is 9.96. The van der Waals surface area contributed by atoms with E-state index in [-0.39, 0.29) is 11.9 Å². The van der Waals surface area contributed by atoms with Crippen LogP contribution in [0, 0.1) is 0 Å². The number of hydrogen-bond donors (Lipinski definition) is 0. The van der Waals surface area contributed by atoms with Crippen molar-refractivity contribution in [3.63, 3.8) is 0 Å². The van der Waals surface area contributed by atoms with Gasteiger partial charge in [0.1, 0.15) is 5.83 Å². The molecule has 0 bridgehead atoms. The third-order valence-corrected chi connectivity index (χ3v) is 3.53. The first-order valence-corrected chi connectivity index (χ1v) is 6.54. The second kappa shape index (κ2) is 6.10. The molecular weight excluding hydrogens is 215 g/mol. The molecule has 2 aliphatic rings. The lowest BCUT2D eigenvalue weighted by molar-refractivity contribution is 0.220. The summed E-state index contributed by atoms with van der Waals surface area (Å²) in [5, 5.41) is 0. The van der Waals surface area contributed by atoms with E-state index in [0.29, 0.717) is 6.42 Å². The average molecular weight is 236 g/mol. The highest BCUT2D eigenvalue weighted by atomic mass is 19.1. The Balaban J connectivity index is 2.18. The summed E-state index contributed by atoms with van der Waals surface area (Å²) in [6.07, 6.45) is 11.0. The molecule has 2 rings (SSSR count). The molecule has 0 radical (unpaired) electrons. The molecule has 0 aromatic carbocycles. The zero-order valence-corrected chi connectivity index (χ0v) is 10.5. The van der Waals surface area contributed by atoms with Gasteiger partial charge in [-0.15, -0.1) is 0 Å². The number of nitrogens with zero attached hydrogens (tertiary/aromatic N) is 2. The zero-order chi connectivity index (χ0) is 12.1. The van der Waals surface area contributed by atoms with Gasteiger partial charge in [-0.2, -0.15) is 0 Å². The Morgan fingerprint density at radius 3 is 2.76 bits per heavy atom. The van der Waals surface area contributed by atoms with Crippen molar-refractivity contribution in [1.29, 1.82) is 0 Å². The summed E-state index contributed by atoms with van der Waals surface area (Å²) < 4.78 is 13.9. The van der Waals surface area contributed by atoms with Gasteiger partial charge in [-0.3, -0.25) is 9.89 Å². The van der Waals surface area contributed by atoms with Crippen LogP contribution in [0.3, 0.4) is 0 Å². The Bertz CT molecular complexity index is 338. The Morgan fingerprint density at radius 1 is 1.35 bits per heavy atom. The SMILES string of the molecule is CN=CC(C1=C(F)CCC=C1)N1CCCCC1. The van der Waals surface area contributed by atoms with Crippen molar-refractivity contribution in [1.82, 2.24) is 4.90 Å². The number of likely N-dealkylation sites (tertiary alicyclic amines) is 1. The highest BCUT2D eigenvalue weighted by Gasteiger charge is 2.24. The predicted molar refractivity (Wildman–Crippen MR) is 70.1 cm³/mol. The van der Waals surface area contributed by atoms with E-state index in [0.717, 1.165) is 25.1 Å². The van der Waals surface area contributed by atoms with Crippen molar-refractivity contribution in [3.8, 4) is 0 Å². The van der Waals surface area contributed by atoms with Gasteiger partial charge >= 0.3 is 0 Å². The minimum absolute atomic E-state index is 0.0387. The van der Waals surface area contributed by atoms with Gasteiger partial charge in [0.05, 0.1) is 6.04 Å². The number of rotatable bonds is 3. The minimum Gasteiger partial charge on any atom is -0.299 e. The summed E-state index contributed by atoms with van der Waals surface area (Å²) in [6, 6.07) is 0.0387. The van der Waals surface area contributed by atoms with Crippen LogP contribution >= 0.6 is 0 Å². The summed E-state index contributed by atoms with van der Waals surface area (Å²) in [5.41, 5.74) is 0.823. The van der Waals surface area contributed by atoms with E-state index in [2.05, 4.69) is 16.0 Å². The number of halogens is 1. The highest BCUT2D eigenvalue weighted by molar-refractivity contribution is 5.71. The molecule has 0 saturated carbocycles. The predicted octanol–water partition coefficient (Wildman–Crippen LogP) is 3.12. The fourth-order valence-corrected chi connectivity index (χ4v) is 2.62. The summed E-state index contributed by atoms with van der Waals surface area (Å²) >= 11 is 0. The van der Waals surface area contributed by atoms with E-state index < -0.39 is 0 Å². The van der Waals surface area contributed by atoms with Crippen LogP contribution in [0.5, 0.6) is 0 Å². The van der Waals surface area contributed by atoms with Crippen LogP contribution in [-0.4, -0.2) is 37.3 Å². The van der Waals surface area contributed by atoms with E-state index >= 15 is 0 Å². The van der Waals surface area contributed by atoms with Gasteiger partial charge in [0.15, 0.2) is 0 Å². The topological polar surface area (TPSA) is 15.6 Å². The van der Waals surface area contributed by atoms with Gasteiger partial charge in [-0.05, 0) is 32.4 Å². The van der Waals surface area contributed by atoms with Gasteiger partial charge in [-0.1, -0.05) is 18.6 Å². The van der Waals surface area contributed by atoms with Gasteiger partial charge in [0.25, 0.3) is 0 Å². The fraction of sp³-hybridized carbons (Fsp3) is 0.643. The molecule has 0 N–H and O–H groups in total. The van der Waals surface area contributed by atoms with Crippen LogP contribution in [0.15, 0.2) is 28.5 Å². The second-order valence-electron chi connectivity index (χ2n) is 4.75. The van der Waals surface area contributed by atoms with Crippen LogP contribution in [0.25, 0.3) is 0 Å². The average Bonchev–Trinajstić information content (AvgIpc) is 2.38. The maximum absolute atomic E-state index is 13.9. The fourth-order valence-electron chi connectivity index (χ4n) is 2.62. The van der Waals surface area contributed by atoms with Crippen molar-refractivity contribution in [2.45, 2.75) is 38.1 Å². The third kappa shape index (κ3) is 3.03. The third-order valence-electron chi connectivity index (χ3n) is 3.53. The van der Waals surface area contributed by atoms with Crippen LogP contribution in [0.1, 0.15) is 32.1 Å². The van der Waals surface area contributed by atoms with Crippen LogP contribution < -0.4 is 0 Å². The van der Waals surface area contributed by atoms with Gasteiger partial charge in [-0.25, -0.2) is 4.39 Å². The summed E-state index contributed by atoms with van der Waals surface area (Å²) in [6.45, 7) is 2.11. The molecule has 3 heteroatoms. The molecular formula is C14H21FN2. The van der Waals surface area contributed by atoms with E-state index in [1.807, 2.05) is 12.3 Å². The molecule has 1 atom stereocenters. The van der Waals surface area contributed by atoms with E-state index in [1.54, 1.807) is 7.05 Å². The molecule has 1 heterocycles. The Kier molecular flexibility index (Phi) is 4.49. The molecule has 0 aromatic rings. The summed E-state index contributed by atoms with van der Waals surface area (Å²) in [5.74, 6) is 0.0444. The molecule has 0 spiro atoms. The quantitative estimate of drug-likeness (QED) is 0.687. The molecule has 2 nitrogen and oxygen atoms in total. The summed E-state index contributed by atoms with van der Waals surface area (Å²) in [4.78, 5) is 6.47. The maximum Gasteiger partial charge on any atom is 0.105 e. The molecule has 1 aliphatic heterocycles. The first-order valence-electron chi connectivity index (χ1n) is 6.54. The Labute approximate surface area is 103 Å². The number of hydrogen-bond acceptors (Lipinski definition) is 2. The lowest BCUT2D eigenvalue weighted by Gasteiger charge is -2.33. The molecule has 1 saturated heterocycles. The Morgan fingerprint density at radius 2 is 2.12 bits per heavy atom. The Hall–Kier alpha value is -0.960. The number of piperidine rings is 1. The molecule has 17 heavy (non-hydrogen) atoms. The maximum atomic E-state index is 13.9. The molecule has 1 unspecified atom stereocenters. The number of aliphatic imine (C=N–C) groups is 1. The van der Waals surface area contributed by atoms with E-state index in [9.17, 15) is 4.39 Å². The van der Waals surface area contributed by atoms with Gasteiger partial charge in [0, 0.05) is 25.3 Å². The largest absolute Gasteiger partial charge is 0.299 e. The first kappa shape index (κ1) is 12.5. The zero-order valence-electron chi connectivity index (χ0n) is 10.5. The smallest absolute Gasteiger partial charge is 0.105 e. The highest BCUT2D eigenvalue weighted by Crippen LogP contribution is 2.26. The molecule has 1 fully saturated rings. The van der Waals surface area contributed by atoms with E-state index in [1.165, 1.54) is 19.3 Å². The second-order valence-corrected chi connectivity index (χ2v) is 4.75. The van der Waals surface area contributed by atoms with Crippen molar-refractivity contribution >= 4 is 6.21 Å². The van der Waals surface area contributed by atoms with E-state index in [4.69, 9.17) is 0 Å². The standard InChI is InChI=1S/C14H21FN2/c1-16-11-14(17-9-5-2-6-10-17)12-7-3-4-8-13(12)15/h3,7,11,14H,2,4-6,8-10H2,1H3. The van der Waals surface area contributed by atoms with Crippen molar-refractivity contribution in [2.75, 3.05) is 20.1 Å². The first-order chi connectivity index (χ1) is 8.33. The van der Waals surface area contributed by atoms with Crippen molar-refractivity contribution in [3.05, 3.63) is 23.6 Å². The van der Waals surface area contributed by atoms with Crippen LogP contribution in [-0.2, 0) is 0 Å².